The SMILES string of the molecule is COc1ccnc(N(C)CC(=O)Nc2c(C)cc(C)cc2C)n1. The first-order chi connectivity index (χ1) is 10.9. The summed E-state index contributed by atoms with van der Waals surface area (Å²) in [6.45, 7) is 6.18. The summed E-state index contributed by atoms with van der Waals surface area (Å²) in [5.74, 6) is 0.790. The van der Waals surface area contributed by atoms with Crippen molar-refractivity contribution < 1.29 is 9.53 Å². The van der Waals surface area contributed by atoms with Gasteiger partial charge in [0.1, 0.15) is 0 Å². The monoisotopic (exact) mass is 314 g/mol. The van der Waals surface area contributed by atoms with Crippen molar-refractivity contribution in [1.82, 2.24) is 9.97 Å². The van der Waals surface area contributed by atoms with Crippen LogP contribution >= 0.6 is 0 Å². The van der Waals surface area contributed by atoms with Gasteiger partial charge in [0.2, 0.25) is 17.7 Å². The fraction of sp³-hybridized carbons (Fsp3) is 0.353. The number of carbonyl (C=O) groups is 1. The molecular weight excluding hydrogens is 292 g/mol. The molecule has 1 aromatic carbocycles. The molecular formula is C17H22N4O2. The zero-order valence-corrected chi connectivity index (χ0v) is 14.2. The highest BCUT2D eigenvalue weighted by atomic mass is 16.5. The summed E-state index contributed by atoms with van der Waals surface area (Å²) >= 11 is 0. The molecule has 0 unspecified atom stereocenters. The van der Waals surface area contributed by atoms with Gasteiger partial charge in [0, 0.05) is 25.0 Å². The number of benzene rings is 1. The Kier molecular flexibility index (Phi) is 5.16. The van der Waals surface area contributed by atoms with E-state index in [0.717, 1.165) is 16.8 Å². The van der Waals surface area contributed by atoms with Crippen LogP contribution < -0.4 is 15.0 Å². The molecule has 0 saturated carbocycles. The van der Waals surface area contributed by atoms with Gasteiger partial charge in [0.25, 0.3) is 0 Å². The van der Waals surface area contributed by atoms with E-state index in [2.05, 4.69) is 27.4 Å². The van der Waals surface area contributed by atoms with Gasteiger partial charge < -0.3 is 15.0 Å². The fourth-order valence-corrected chi connectivity index (χ4v) is 2.47. The molecule has 1 aromatic heterocycles. The first kappa shape index (κ1) is 16.7. The standard InChI is InChI=1S/C17H22N4O2/c1-11-8-12(2)16(13(3)9-11)19-14(22)10-21(4)17-18-7-6-15(20-17)23-5/h6-9H,10H2,1-5H3,(H,19,22). The van der Waals surface area contributed by atoms with Crippen molar-refractivity contribution in [2.24, 2.45) is 0 Å². The lowest BCUT2D eigenvalue weighted by Gasteiger charge is -2.18. The number of rotatable bonds is 5. The summed E-state index contributed by atoms with van der Waals surface area (Å²) in [6.07, 6.45) is 1.60. The number of aryl methyl sites for hydroxylation is 3. The molecule has 1 N–H and O–H groups in total. The highest BCUT2D eigenvalue weighted by Crippen LogP contribution is 2.22. The van der Waals surface area contributed by atoms with E-state index < -0.39 is 0 Å². The van der Waals surface area contributed by atoms with Crippen LogP contribution in [0.15, 0.2) is 24.4 Å². The molecule has 0 bridgehead atoms. The molecule has 0 saturated heterocycles. The number of nitrogens with zero attached hydrogens (tertiary/aromatic N) is 3. The number of hydrogen-bond donors (Lipinski definition) is 1. The molecule has 6 heteroatoms. The molecule has 0 fully saturated rings. The molecule has 23 heavy (non-hydrogen) atoms. The van der Waals surface area contributed by atoms with Crippen LogP contribution in [0.25, 0.3) is 0 Å². The van der Waals surface area contributed by atoms with E-state index >= 15 is 0 Å². The maximum atomic E-state index is 12.3. The molecule has 0 aliphatic rings. The molecule has 1 amide bonds. The zero-order valence-electron chi connectivity index (χ0n) is 14.2. The maximum absolute atomic E-state index is 12.3. The van der Waals surface area contributed by atoms with Gasteiger partial charge in [-0.25, -0.2) is 4.98 Å². The van der Waals surface area contributed by atoms with Gasteiger partial charge in [-0.3, -0.25) is 4.79 Å². The second kappa shape index (κ2) is 7.09. The van der Waals surface area contributed by atoms with Crippen LogP contribution in [0.4, 0.5) is 11.6 Å². The van der Waals surface area contributed by atoms with Crippen LogP contribution in [-0.4, -0.2) is 36.6 Å². The lowest BCUT2D eigenvalue weighted by atomic mass is 10.1. The topological polar surface area (TPSA) is 67.3 Å². The summed E-state index contributed by atoms with van der Waals surface area (Å²) < 4.78 is 5.07. The van der Waals surface area contributed by atoms with Crippen molar-refractivity contribution in [2.45, 2.75) is 20.8 Å². The maximum Gasteiger partial charge on any atom is 0.244 e. The van der Waals surface area contributed by atoms with Gasteiger partial charge in [0.15, 0.2) is 0 Å². The number of amides is 1. The summed E-state index contributed by atoms with van der Waals surface area (Å²) in [6, 6.07) is 5.77. The first-order valence-electron chi connectivity index (χ1n) is 7.36. The first-order valence-corrected chi connectivity index (χ1v) is 7.36. The van der Waals surface area contributed by atoms with Crippen LogP contribution in [0.1, 0.15) is 16.7 Å². The summed E-state index contributed by atoms with van der Waals surface area (Å²) in [5.41, 5.74) is 4.15. The minimum absolute atomic E-state index is 0.117. The Hall–Kier alpha value is -2.63. The number of likely N-dealkylation sites (N-methyl/N-ethyl adjacent to an activating group) is 1. The normalized spacial score (nSPS) is 10.3. The molecule has 0 aliphatic heterocycles. The number of hydrogen-bond acceptors (Lipinski definition) is 5. The summed E-state index contributed by atoms with van der Waals surface area (Å²) in [4.78, 5) is 22.3. The molecule has 0 spiro atoms. The van der Waals surface area contributed by atoms with Gasteiger partial charge in [-0.2, -0.15) is 4.98 Å². The third-order valence-electron chi connectivity index (χ3n) is 3.49. The molecule has 0 aliphatic carbocycles. The minimum Gasteiger partial charge on any atom is -0.481 e. The van der Waals surface area contributed by atoms with E-state index in [1.54, 1.807) is 31.3 Å². The number of anilines is 2. The van der Waals surface area contributed by atoms with E-state index in [-0.39, 0.29) is 12.5 Å². The molecule has 6 nitrogen and oxygen atoms in total. The van der Waals surface area contributed by atoms with Crippen LogP contribution in [0.2, 0.25) is 0 Å². The van der Waals surface area contributed by atoms with Gasteiger partial charge in [-0.05, 0) is 31.9 Å². The Bertz CT molecular complexity index is 692. The van der Waals surface area contributed by atoms with Crippen molar-refractivity contribution in [3.05, 3.63) is 41.1 Å². The van der Waals surface area contributed by atoms with Crippen molar-refractivity contribution in [3.63, 3.8) is 0 Å². The Morgan fingerprint density at radius 2 is 1.91 bits per heavy atom. The second-order valence-corrected chi connectivity index (χ2v) is 5.58. The van der Waals surface area contributed by atoms with Gasteiger partial charge in [-0.1, -0.05) is 17.7 Å². The average Bonchev–Trinajstić information content (AvgIpc) is 2.50. The van der Waals surface area contributed by atoms with E-state index in [1.165, 1.54) is 5.56 Å². The Morgan fingerprint density at radius 1 is 1.26 bits per heavy atom. The van der Waals surface area contributed by atoms with Gasteiger partial charge in [0.05, 0.1) is 13.7 Å². The lowest BCUT2D eigenvalue weighted by Crippen LogP contribution is -2.31. The van der Waals surface area contributed by atoms with E-state index in [0.29, 0.717) is 11.8 Å². The fourth-order valence-electron chi connectivity index (χ4n) is 2.47. The Labute approximate surface area is 136 Å². The second-order valence-electron chi connectivity index (χ2n) is 5.58. The Balaban J connectivity index is 2.07. The average molecular weight is 314 g/mol. The molecule has 1 heterocycles. The van der Waals surface area contributed by atoms with E-state index in [4.69, 9.17) is 4.74 Å². The highest BCUT2D eigenvalue weighted by Gasteiger charge is 2.13. The predicted molar refractivity (Wildman–Crippen MR) is 91.1 cm³/mol. The van der Waals surface area contributed by atoms with Gasteiger partial charge in [-0.15, -0.1) is 0 Å². The van der Waals surface area contributed by atoms with Crippen LogP contribution in [0, 0.1) is 20.8 Å². The molecule has 2 aromatic rings. The zero-order chi connectivity index (χ0) is 17.0. The van der Waals surface area contributed by atoms with Crippen LogP contribution in [0.5, 0.6) is 5.88 Å². The number of carbonyl (C=O) groups excluding carboxylic acids is 1. The smallest absolute Gasteiger partial charge is 0.244 e. The number of methoxy groups -OCH3 is 1. The number of nitrogens with one attached hydrogen (secondary N) is 1. The van der Waals surface area contributed by atoms with Crippen LogP contribution in [0.3, 0.4) is 0 Å². The van der Waals surface area contributed by atoms with Crippen molar-refractivity contribution in [1.29, 1.82) is 0 Å². The quantitative estimate of drug-likeness (QED) is 0.918. The number of aromatic nitrogens is 2. The van der Waals surface area contributed by atoms with Crippen LogP contribution in [-0.2, 0) is 4.79 Å². The number of ether oxygens (including phenoxy) is 1. The minimum atomic E-state index is -0.117. The molecule has 0 atom stereocenters. The van der Waals surface area contributed by atoms with Crippen molar-refractivity contribution in [3.8, 4) is 5.88 Å². The van der Waals surface area contributed by atoms with Crippen molar-refractivity contribution in [2.75, 3.05) is 30.9 Å². The predicted octanol–water partition coefficient (Wildman–Crippen LogP) is 2.49. The largest absolute Gasteiger partial charge is 0.481 e. The molecule has 0 radical (unpaired) electrons. The van der Waals surface area contributed by atoms with E-state index in [9.17, 15) is 4.79 Å². The molecule has 122 valence electrons. The summed E-state index contributed by atoms with van der Waals surface area (Å²) in [7, 11) is 3.31. The van der Waals surface area contributed by atoms with Gasteiger partial charge >= 0.3 is 0 Å². The Morgan fingerprint density at radius 3 is 2.52 bits per heavy atom. The van der Waals surface area contributed by atoms with Crippen molar-refractivity contribution >= 4 is 17.5 Å². The highest BCUT2D eigenvalue weighted by molar-refractivity contribution is 5.95. The summed E-state index contributed by atoms with van der Waals surface area (Å²) in [5, 5.41) is 2.97. The van der Waals surface area contributed by atoms with E-state index in [1.807, 2.05) is 20.8 Å². The third kappa shape index (κ3) is 4.18. The molecule has 2 rings (SSSR count). The third-order valence-corrected chi connectivity index (χ3v) is 3.49. The lowest BCUT2D eigenvalue weighted by molar-refractivity contribution is -0.114.